The zero-order valence-electron chi connectivity index (χ0n) is 6.69. The number of rotatable bonds is 2. The van der Waals surface area contributed by atoms with Gasteiger partial charge in [0.15, 0.2) is 0 Å². The summed E-state index contributed by atoms with van der Waals surface area (Å²) in [6.07, 6.45) is 3.13. The van der Waals surface area contributed by atoms with Crippen LogP contribution in [0.25, 0.3) is 0 Å². The summed E-state index contributed by atoms with van der Waals surface area (Å²) < 4.78 is 0. The maximum absolute atomic E-state index is 10.5. The van der Waals surface area contributed by atoms with Gasteiger partial charge in [-0.1, -0.05) is 0 Å². The number of aryl methyl sites for hydroxylation is 1. The van der Waals surface area contributed by atoms with Crippen molar-refractivity contribution in [1.29, 1.82) is 0 Å². The molecular formula is C8H10N2O2. The molecule has 0 fully saturated rings. The molecule has 0 amide bonds. The maximum Gasteiger partial charge on any atom is 0.325 e. The Morgan fingerprint density at radius 3 is 2.92 bits per heavy atom. The van der Waals surface area contributed by atoms with Gasteiger partial charge in [0.1, 0.15) is 6.04 Å². The first-order valence-corrected chi connectivity index (χ1v) is 3.52. The van der Waals surface area contributed by atoms with Gasteiger partial charge in [-0.3, -0.25) is 9.78 Å². The Morgan fingerprint density at radius 1 is 1.75 bits per heavy atom. The van der Waals surface area contributed by atoms with Crippen molar-refractivity contribution in [1.82, 2.24) is 4.98 Å². The second-order valence-corrected chi connectivity index (χ2v) is 2.55. The molecule has 3 N–H and O–H groups in total. The molecule has 4 nitrogen and oxygen atoms in total. The van der Waals surface area contributed by atoms with Crippen LogP contribution < -0.4 is 5.73 Å². The largest absolute Gasteiger partial charge is 0.480 e. The lowest BCUT2D eigenvalue weighted by atomic mass is 10.1. The number of nitrogens with two attached hydrogens (primary N) is 1. The first-order chi connectivity index (χ1) is 5.63. The number of carboxylic acids is 1. The number of aromatic nitrogens is 1. The second-order valence-electron chi connectivity index (χ2n) is 2.55. The zero-order chi connectivity index (χ0) is 9.14. The van der Waals surface area contributed by atoms with Crippen LogP contribution >= 0.6 is 0 Å². The van der Waals surface area contributed by atoms with Crippen LogP contribution in [0.3, 0.4) is 0 Å². The fourth-order valence-electron chi connectivity index (χ4n) is 0.966. The smallest absolute Gasteiger partial charge is 0.325 e. The molecule has 0 spiro atoms. The summed E-state index contributed by atoms with van der Waals surface area (Å²) in [6.45, 7) is 1.78. The lowest BCUT2D eigenvalue weighted by Crippen LogP contribution is -2.21. The number of carbonyl (C=O) groups is 1. The number of pyridine rings is 1. The van der Waals surface area contributed by atoms with Crippen LogP contribution in [-0.2, 0) is 4.79 Å². The third-order valence-electron chi connectivity index (χ3n) is 1.66. The number of aliphatic carboxylic acids is 1. The number of carboxylic acid groups (broad SMARTS) is 1. The SMILES string of the molecule is Cc1cnccc1[C@@H](N)C(=O)O. The Balaban J connectivity index is 3.02. The van der Waals surface area contributed by atoms with E-state index in [4.69, 9.17) is 10.8 Å². The van der Waals surface area contributed by atoms with E-state index in [1.807, 2.05) is 0 Å². The molecule has 0 saturated carbocycles. The molecule has 1 rings (SSSR count). The van der Waals surface area contributed by atoms with Gasteiger partial charge in [-0.15, -0.1) is 0 Å². The van der Waals surface area contributed by atoms with Gasteiger partial charge in [0.05, 0.1) is 0 Å². The number of nitrogens with zero attached hydrogens (tertiary/aromatic N) is 1. The van der Waals surface area contributed by atoms with E-state index in [9.17, 15) is 4.79 Å². The van der Waals surface area contributed by atoms with E-state index in [-0.39, 0.29) is 0 Å². The summed E-state index contributed by atoms with van der Waals surface area (Å²) in [5, 5.41) is 8.61. The highest BCUT2D eigenvalue weighted by molar-refractivity contribution is 5.75. The van der Waals surface area contributed by atoms with Crippen molar-refractivity contribution in [2.45, 2.75) is 13.0 Å². The van der Waals surface area contributed by atoms with Crippen molar-refractivity contribution < 1.29 is 9.90 Å². The van der Waals surface area contributed by atoms with E-state index in [1.165, 1.54) is 6.20 Å². The molecule has 0 bridgehead atoms. The zero-order valence-corrected chi connectivity index (χ0v) is 6.69. The second kappa shape index (κ2) is 3.32. The van der Waals surface area contributed by atoms with Crippen LogP contribution in [0.15, 0.2) is 18.5 Å². The monoisotopic (exact) mass is 166 g/mol. The summed E-state index contributed by atoms with van der Waals surface area (Å²) in [6, 6.07) is 0.668. The fraction of sp³-hybridized carbons (Fsp3) is 0.250. The molecule has 4 heteroatoms. The lowest BCUT2D eigenvalue weighted by molar-refractivity contribution is -0.138. The molecule has 0 aliphatic heterocycles. The lowest BCUT2D eigenvalue weighted by Gasteiger charge is -2.08. The van der Waals surface area contributed by atoms with Gasteiger partial charge in [-0.2, -0.15) is 0 Å². The van der Waals surface area contributed by atoms with E-state index < -0.39 is 12.0 Å². The minimum absolute atomic E-state index is 0.609. The van der Waals surface area contributed by atoms with Gasteiger partial charge in [-0.25, -0.2) is 0 Å². The Labute approximate surface area is 70.0 Å². The molecule has 1 atom stereocenters. The Morgan fingerprint density at radius 2 is 2.42 bits per heavy atom. The van der Waals surface area contributed by atoms with Gasteiger partial charge in [0.25, 0.3) is 0 Å². The van der Waals surface area contributed by atoms with E-state index in [0.29, 0.717) is 5.56 Å². The molecule has 0 saturated heterocycles. The van der Waals surface area contributed by atoms with Crippen LogP contribution in [-0.4, -0.2) is 16.1 Å². The van der Waals surface area contributed by atoms with Gasteiger partial charge in [0.2, 0.25) is 0 Å². The molecule has 0 aliphatic carbocycles. The van der Waals surface area contributed by atoms with E-state index >= 15 is 0 Å². The standard InChI is InChI=1S/C8H10N2O2/c1-5-4-10-3-2-6(5)7(9)8(11)12/h2-4,7H,9H2,1H3,(H,11,12)/t7-/m1/s1. The van der Waals surface area contributed by atoms with Crippen molar-refractivity contribution in [2.24, 2.45) is 5.73 Å². The highest BCUT2D eigenvalue weighted by Gasteiger charge is 2.15. The average Bonchev–Trinajstić information content (AvgIpc) is 2.04. The Hall–Kier alpha value is -1.42. The summed E-state index contributed by atoms with van der Waals surface area (Å²) in [4.78, 5) is 14.3. The first kappa shape index (κ1) is 8.67. The predicted octanol–water partition coefficient (Wildman–Crippen LogP) is 0.474. The highest BCUT2D eigenvalue weighted by atomic mass is 16.4. The molecular weight excluding hydrogens is 156 g/mol. The normalized spacial score (nSPS) is 12.5. The summed E-state index contributed by atoms with van der Waals surface area (Å²) in [5.41, 5.74) is 6.82. The van der Waals surface area contributed by atoms with Gasteiger partial charge in [0, 0.05) is 12.4 Å². The molecule has 1 aromatic heterocycles. The highest BCUT2D eigenvalue weighted by Crippen LogP contribution is 2.13. The van der Waals surface area contributed by atoms with Crippen molar-refractivity contribution in [2.75, 3.05) is 0 Å². The molecule has 12 heavy (non-hydrogen) atoms. The average molecular weight is 166 g/mol. The van der Waals surface area contributed by atoms with Crippen LogP contribution in [0.1, 0.15) is 17.2 Å². The minimum Gasteiger partial charge on any atom is -0.480 e. The van der Waals surface area contributed by atoms with E-state index in [2.05, 4.69) is 4.98 Å². The molecule has 1 heterocycles. The maximum atomic E-state index is 10.5. The van der Waals surface area contributed by atoms with Crippen LogP contribution in [0.4, 0.5) is 0 Å². The quantitative estimate of drug-likeness (QED) is 0.669. The first-order valence-electron chi connectivity index (χ1n) is 3.52. The van der Waals surface area contributed by atoms with Crippen molar-refractivity contribution in [3.05, 3.63) is 29.6 Å². The Bertz CT molecular complexity index is 299. The van der Waals surface area contributed by atoms with Crippen LogP contribution in [0.5, 0.6) is 0 Å². The van der Waals surface area contributed by atoms with Gasteiger partial charge in [-0.05, 0) is 24.1 Å². The topological polar surface area (TPSA) is 76.2 Å². The van der Waals surface area contributed by atoms with E-state index in [1.54, 1.807) is 19.2 Å². The minimum atomic E-state index is -1.02. The Kier molecular flexibility index (Phi) is 2.40. The van der Waals surface area contributed by atoms with Gasteiger partial charge >= 0.3 is 5.97 Å². The summed E-state index contributed by atoms with van der Waals surface area (Å²) in [7, 11) is 0. The van der Waals surface area contributed by atoms with E-state index in [0.717, 1.165) is 5.56 Å². The summed E-state index contributed by atoms with van der Waals surface area (Å²) in [5.74, 6) is -1.02. The van der Waals surface area contributed by atoms with Crippen molar-refractivity contribution >= 4 is 5.97 Å². The molecule has 0 unspecified atom stereocenters. The molecule has 1 aromatic rings. The van der Waals surface area contributed by atoms with Crippen LogP contribution in [0.2, 0.25) is 0 Å². The number of hydrogen-bond donors (Lipinski definition) is 2. The van der Waals surface area contributed by atoms with Crippen LogP contribution in [0, 0.1) is 6.92 Å². The third kappa shape index (κ3) is 1.60. The van der Waals surface area contributed by atoms with Crippen molar-refractivity contribution in [3.8, 4) is 0 Å². The third-order valence-corrected chi connectivity index (χ3v) is 1.66. The van der Waals surface area contributed by atoms with Crippen molar-refractivity contribution in [3.63, 3.8) is 0 Å². The fourth-order valence-corrected chi connectivity index (χ4v) is 0.966. The predicted molar refractivity (Wildman–Crippen MR) is 43.5 cm³/mol. The molecule has 0 aliphatic rings. The molecule has 0 radical (unpaired) electrons. The summed E-state index contributed by atoms with van der Waals surface area (Å²) >= 11 is 0. The molecule has 0 aromatic carbocycles. The molecule has 64 valence electrons. The number of hydrogen-bond acceptors (Lipinski definition) is 3. The van der Waals surface area contributed by atoms with Gasteiger partial charge < -0.3 is 10.8 Å².